The Balaban J connectivity index is 1.64. The van der Waals surface area contributed by atoms with Crippen LogP contribution in [0.1, 0.15) is 36.8 Å². The predicted molar refractivity (Wildman–Crippen MR) is 82.8 cm³/mol. The molecule has 0 atom stereocenters. The second-order valence-corrected chi connectivity index (χ2v) is 6.29. The molecule has 1 aromatic rings. The minimum absolute atomic E-state index is 0.0556. The summed E-state index contributed by atoms with van der Waals surface area (Å²) in [5, 5.41) is 5.65. The third kappa shape index (κ3) is 2.93. The summed E-state index contributed by atoms with van der Waals surface area (Å²) in [6, 6.07) is 6.21. The number of aryl methyl sites for hydroxylation is 1. The third-order valence-electron chi connectivity index (χ3n) is 4.50. The fourth-order valence-electron chi connectivity index (χ4n) is 2.73. The molecule has 0 aliphatic heterocycles. The molecule has 0 bridgehead atoms. The summed E-state index contributed by atoms with van der Waals surface area (Å²) in [6.45, 7) is 2.03. The lowest BCUT2D eigenvalue weighted by atomic mass is 9.93. The van der Waals surface area contributed by atoms with Crippen molar-refractivity contribution in [2.45, 2.75) is 44.1 Å². The minimum atomic E-state index is -0.485. The smallest absolute Gasteiger partial charge is 0.239 e. The number of ether oxygens (including phenoxy) is 1. The number of hydrogen-bond acceptors (Lipinski definition) is 3. The van der Waals surface area contributed by atoms with Gasteiger partial charge in [-0.25, -0.2) is 0 Å². The van der Waals surface area contributed by atoms with Crippen molar-refractivity contribution in [3.8, 4) is 5.75 Å². The van der Waals surface area contributed by atoms with E-state index in [1.807, 2.05) is 25.1 Å². The Morgan fingerprint density at radius 3 is 2.64 bits per heavy atom. The summed E-state index contributed by atoms with van der Waals surface area (Å²) in [6.07, 6.45) is 3.73. The molecule has 2 N–H and O–H groups in total. The zero-order chi connectivity index (χ0) is 15.7. The van der Waals surface area contributed by atoms with Gasteiger partial charge in [0.15, 0.2) is 0 Å². The van der Waals surface area contributed by atoms with Crippen LogP contribution in [0, 0.1) is 6.92 Å². The van der Waals surface area contributed by atoms with Gasteiger partial charge in [0.1, 0.15) is 5.75 Å². The van der Waals surface area contributed by atoms with E-state index in [9.17, 15) is 9.59 Å². The topological polar surface area (TPSA) is 67.4 Å². The highest BCUT2D eigenvalue weighted by molar-refractivity contribution is 5.94. The van der Waals surface area contributed by atoms with Gasteiger partial charge in [-0.2, -0.15) is 0 Å². The van der Waals surface area contributed by atoms with Crippen molar-refractivity contribution < 1.29 is 14.3 Å². The van der Waals surface area contributed by atoms with E-state index in [1.165, 1.54) is 0 Å². The molecule has 5 heteroatoms. The molecule has 0 spiro atoms. The molecule has 0 aromatic heterocycles. The van der Waals surface area contributed by atoms with Crippen LogP contribution in [0.3, 0.4) is 0 Å². The van der Waals surface area contributed by atoms with Gasteiger partial charge in [0.25, 0.3) is 0 Å². The number of methoxy groups -OCH3 is 1. The Hall–Kier alpha value is -2.04. The van der Waals surface area contributed by atoms with Crippen molar-refractivity contribution in [1.82, 2.24) is 10.6 Å². The molecule has 2 amide bonds. The Morgan fingerprint density at radius 2 is 2.05 bits per heavy atom. The van der Waals surface area contributed by atoms with Gasteiger partial charge in [0, 0.05) is 6.04 Å². The van der Waals surface area contributed by atoms with Crippen LogP contribution in [0.2, 0.25) is 0 Å². The summed E-state index contributed by atoms with van der Waals surface area (Å²) >= 11 is 0. The van der Waals surface area contributed by atoms with Gasteiger partial charge in [-0.1, -0.05) is 12.1 Å². The first-order valence-corrected chi connectivity index (χ1v) is 7.78. The molecule has 22 heavy (non-hydrogen) atoms. The predicted octanol–water partition coefficient (Wildman–Crippen LogP) is 1.43. The third-order valence-corrected chi connectivity index (χ3v) is 4.50. The van der Waals surface area contributed by atoms with Crippen molar-refractivity contribution in [1.29, 1.82) is 0 Å². The van der Waals surface area contributed by atoms with Crippen molar-refractivity contribution in [3.63, 3.8) is 0 Å². The SMILES string of the molecule is COc1cc(C2(C(=O)NCC(=O)NC3CC3)CC2)ccc1C. The van der Waals surface area contributed by atoms with E-state index in [-0.39, 0.29) is 18.4 Å². The van der Waals surface area contributed by atoms with Gasteiger partial charge in [0.05, 0.1) is 19.1 Å². The van der Waals surface area contributed by atoms with E-state index in [1.54, 1.807) is 7.11 Å². The molecule has 5 nitrogen and oxygen atoms in total. The van der Waals surface area contributed by atoms with Crippen molar-refractivity contribution >= 4 is 11.8 Å². The zero-order valence-electron chi connectivity index (χ0n) is 13.1. The fraction of sp³-hybridized carbons (Fsp3) is 0.529. The maximum Gasteiger partial charge on any atom is 0.239 e. The van der Waals surface area contributed by atoms with Gasteiger partial charge >= 0.3 is 0 Å². The molecule has 2 saturated carbocycles. The average Bonchev–Trinajstić information content (AvgIpc) is 3.39. The van der Waals surface area contributed by atoms with Crippen LogP contribution in [0.5, 0.6) is 5.75 Å². The lowest BCUT2D eigenvalue weighted by Crippen LogP contribution is -2.42. The van der Waals surface area contributed by atoms with Crippen LogP contribution < -0.4 is 15.4 Å². The maximum atomic E-state index is 12.5. The quantitative estimate of drug-likeness (QED) is 0.835. The number of rotatable bonds is 6. The monoisotopic (exact) mass is 302 g/mol. The van der Waals surface area contributed by atoms with E-state index in [0.29, 0.717) is 6.04 Å². The van der Waals surface area contributed by atoms with Gasteiger partial charge in [-0.05, 0) is 49.8 Å². The Kier molecular flexibility index (Phi) is 3.81. The van der Waals surface area contributed by atoms with E-state index in [0.717, 1.165) is 42.6 Å². The summed E-state index contributed by atoms with van der Waals surface area (Å²) < 4.78 is 5.34. The highest BCUT2D eigenvalue weighted by atomic mass is 16.5. The van der Waals surface area contributed by atoms with Crippen LogP contribution in [0.25, 0.3) is 0 Å². The summed E-state index contributed by atoms with van der Waals surface area (Å²) in [5.41, 5.74) is 1.53. The second kappa shape index (κ2) is 5.63. The largest absolute Gasteiger partial charge is 0.496 e. The first kappa shape index (κ1) is 14.9. The Bertz CT molecular complexity index is 604. The van der Waals surface area contributed by atoms with Gasteiger partial charge in [-0.15, -0.1) is 0 Å². The molecule has 1 aromatic carbocycles. The van der Waals surface area contributed by atoms with E-state index in [4.69, 9.17) is 4.74 Å². The summed E-state index contributed by atoms with van der Waals surface area (Å²) in [4.78, 5) is 24.2. The lowest BCUT2D eigenvalue weighted by molar-refractivity contribution is -0.127. The van der Waals surface area contributed by atoms with Crippen molar-refractivity contribution in [2.75, 3.05) is 13.7 Å². The Morgan fingerprint density at radius 1 is 1.32 bits per heavy atom. The van der Waals surface area contributed by atoms with E-state index >= 15 is 0 Å². The minimum Gasteiger partial charge on any atom is -0.496 e. The van der Waals surface area contributed by atoms with Crippen molar-refractivity contribution in [3.05, 3.63) is 29.3 Å². The average molecular weight is 302 g/mol. The van der Waals surface area contributed by atoms with Crippen molar-refractivity contribution in [2.24, 2.45) is 0 Å². The molecule has 118 valence electrons. The molecule has 2 fully saturated rings. The maximum absolute atomic E-state index is 12.5. The van der Waals surface area contributed by atoms with E-state index in [2.05, 4.69) is 10.6 Å². The molecule has 0 radical (unpaired) electrons. The number of hydrogen-bond donors (Lipinski definition) is 2. The van der Waals surface area contributed by atoms with Gasteiger partial charge < -0.3 is 15.4 Å². The highest BCUT2D eigenvalue weighted by Gasteiger charge is 2.51. The van der Waals surface area contributed by atoms with Crippen LogP contribution in [-0.2, 0) is 15.0 Å². The van der Waals surface area contributed by atoms with Crippen LogP contribution >= 0.6 is 0 Å². The standard InChI is InChI=1S/C17H22N2O3/c1-11-3-4-12(9-14(11)22-2)17(7-8-17)16(21)18-10-15(20)19-13-5-6-13/h3-4,9,13H,5-8,10H2,1-2H3,(H,18,21)(H,19,20). The number of carbonyl (C=O) groups excluding carboxylic acids is 2. The van der Waals surface area contributed by atoms with Gasteiger partial charge in [-0.3, -0.25) is 9.59 Å². The van der Waals surface area contributed by atoms with E-state index < -0.39 is 5.41 Å². The summed E-state index contributed by atoms with van der Waals surface area (Å²) in [5.74, 6) is 0.626. The molecular formula is C17H22N2O3. The first-order valence-electron chi connectivity index (χ1n) is 7.78. The first-order chi connectivity index (χ1) is 10.5. The second-order valence-electron chi connectivity index (χ2n) is 6.29. The fourth-order valence-corrected chi connectivity index (χ4v) is 2.73. The molecule has 0 unspecified atom stereocenters. The van der Waals surface area contributed by atoms with Crippen LogP contribution in [0.15, 0.2) is 18.2 Å². The highest BCUT2D eigenvalue weighted by Crippen LogP contribution is 2.49. The Labute approximate surface area is 130 Å². The summed E-state index contributed by atoms with van der Waals surface area (Å²) in [7, 11) is 1.63. The van der Waals surface area contributed by atoms with Crippen LogP contribution in [-0.4, -0.2) is 31.5 Å². The molecule has 0 heterocycles. The molecule has 3 rings (SSSR count). The number of carbonyl (C=O) groups is 2. The molecular weight excluding hydrogens is 280 g/mol. The number of nitrogens with one attached hydrogen (secondary N) is 2. The zero-order valence-corrected chi connectivity index (χ0v) is 13.1. The van der Waals surface area contributed by atoms with Crippen LogP contribution in [0.4, 0.5) is 0 Å². The molecule has 2 aliphatic carbocycles. The normalized spacial score (nSPS) is 18.5. The van der Waals surface area contributed by atoms with Gasteiger partial charge in [0.2, 0.25) is 11.8 Å². The molecule has 2 aliphatic rings. The number of amides is 2. The lowest BCUT2D eigenvalue weighted by Gasteiger charge is -2.17. The molecule has 0 saturated heterocycles. The number of benzene rings is 1.